The average molecular weight is 252 g/mol. The Kier molecular flexibility index (Phi) is 5.50. The van der Waals surface area contributed by atoms with Gasteiger partial charge in [0.05, 0.1) is 0 Å². The van der Waals surface area contributed by atoms with E-state index in [1.54, 1.807) is 0 Å². The topological polar surface area (TPSA) is 15.3 Å². The molecule has 18 heavy (non-hydrogen) atoms. The molecule has 2 fully saturated rings. The molecule has 2 rings (SSSR count). The summed E-state index contributed by atoms with van der Waals surface area (Å²) in [5.41, 5.74) is 0. The Bertz CT molecular complexity index is 233. The molecule has 1 heterocycles. The number of hydrogen-bond donors (Lipinski definition) is 1. The number of hydrogen-bond acceptors (Lipinski definition) is 2. The highest BCUT2D eigenvalue weighted by Gasteiger charge is 2.28. The second kappa shape index (κ2) is 6.91. The lowest BCUT2D eigenvalue weighted by atomic mass is 9.91. The largest absolute Gasteiger partial charge is 0.310 e. The van der Waals surface area contributed by atoms with Crippen LogP contribution in [0.15, 0.2) is 0 Å². The molecular weight excluding hydrogens is 220 g/mol. The molecule has 0 amide bonds. The van der Waals surface area contributed by atoms with Gasteiger partial charge in [-0.2, -0.15) is 0 Å². The summed E-state index contributed by atoms with van der Waals surface area (Å²) >= 11 is 0. The molecule has 1 N–H and O–H groups in total. The van der Waals surface area contributed by atoms with Crippen LogP contribution in [0.4, 0.5) is 0 Å². The Morgan fingerprint density at radius 1 is 1.11 bits per heavy atom. The van der Waals surface area contributed by atoms with Gasteiger partial charge in [0, 0.05) is 31.7 Å². The van der Waals surface area contributed by atoms with Crippen LogP contribution in [-0.2, 0) is 0 Å². The van der Waals surface area contributed by atoms with Gasteiger partial charge in [0.1, 0.15) is 0 Å². The maximum absolute atomic E-state index is 3.94. The number of likely N-dealkylation sites (tertiary alicyclic amines) is 1. The Hall–Kier alpha value is -0.0800. The first-order valence-electron chi connectivity index (χ1n) is 8.15. The fourth-order valence-corrected chi connectivity index (χ4v) is 3.81. The van der Waals surface area contributed by atoms with Crippen molar-refractivity contribution in [3.63, 3.8) is 0 Å². The van der Waals surface area contributed by atoms with Gasteiger partial charge in [-0.3, -0.25) is 0 Å². The molecule has 0 spiro atoms. The summed E-state index contributed by atoms with van der Waals surface area (Å²) in [5, 5.41) is 3.94. The molecule has 1 aliphatic carbocycles. The van der Waals surface area contributed by atoms with E-state index >= 15 is 0 Å². The van der Waals surface area contributed by atoms with E-state index in [-0.39, 0.29) is 0 Å². The van der Waals surface area contributed by atoms with Crippen LogP contribution < -0.4 is 5.32 Å². The zero-order valence-electron chi connectivity index (χ0n) is 12.6. The monoisotopic (exact) mass is 252 g/mol. The van der Waals surface area contributed by atoms with Gasteiger partial charge in [-0.25, -0.2) is 0 Å². The lowest BCUT2D eigenvalue weighted by Gasteiger charge is -2.39. The van der Waals surface area contributed by atoms with Crippen molar-refractivity contribution in [2.45, 2.75) is 71.4 Å². The molecule has 0 aromatic carbocycles. The minimum Gasteiger partial charge on any atom is -0.310 e. The van der Waals surface area contributed by atoms with Crippen LogP contribution >= 0.6 is 0 Å². The van der Waals surface area contributed by atoms with Crippen LogP contribution in [0.3, 0.4) is 0 Å². The highest BCUT2D eigenvalue weighted by atomic mass is 15.2. The van der Waals surface area contributed by atoms with Crippen molar-refractivity contribution in [3.8, 4) is 0 Å². The average Bonchev–Trinajstić information content (AvgIpc) is 2.80. The fourth-order valence-electron chi connectivity index (χ4n) is 3.81. The zero-order chi connectivity index (χ0) is 13.0. The van der Waals surface area contributed by atoms with Gasteiger partial charge in [0.15, 0.2) is 0 Å². The molecule has 2 atom stereocenters. The highest BCUT2D eigenvalue weighted by Crippen LogP contribution is 2.24. The van der Waals surface area contributed by atoms with E-state index < -0.39 is 0 Å². The Balaban J connectivity index is 1.84. The fraction of sp³-hybridized carbons (Fsp3) is 1.00. The van der Waals surface area contributed by atoms with Gasteiger partial charge in [0.25, 0.3) is 0 Å². The second-order valence-electron chi connectivity index (χ2n) is 6.97. The molecule has 0 aromatic rings. The number of rotatable bonds is 5. The van der Waals surface area contributed by atoms with Crippen molar-refractivity contribution in [1.82, 2.24) is 10.2 Å². The van der Waals surface area contributed by atoms with E-state index in [0.29, 0.717) is 0 Å². The first kappa shape index (κ1) is 14.3. The quantitative estimate of drug-likeness (QED) is 0.808. The maximum atomic E-state index is 3.94. The van der Waals surface area contributed by atoms with Crippen LogP contribution in [0.5, 0.6) is 0 Å². The first-order valence-corrected chi connectivity index (χ1v) is 8.15. The van der Waals surface area contributed by atoms with Crippen molar-refractivity contribution >= 4 is 0 Å². The van der Waals surface area contributed by atoms with Gasteiger partial charge < -0.3 is 10.2 Å². The predicted octanol–water partition coefficient (Wildman–Crippen LogP) is 3.28. The van der Waals surface area contributed by atoms with Crippen molar-refractivity contribution in [1.29, 1.82) is 0 Å². The molecule has 106 valence electrons. The summed E-state index contributed by atoms with van der Waals surface area (Å²) in [6.45, 7) is 10.9. The van der Waals surface area contributed by atoms with E-state index in [2.05, 4.69) is 31.0 Å². The summed E-state index contributed by atoms with van der Waals surface area (Å²) in [6.07, 6.45) is 8.46. The van der Waals surface area contributed by atoms with E-state index in [0.717, 1.165) is 23.9 Å². The first-order chi connectivity index (χ1) is 8.67. The van der Waals surface area contributed by atoms with Crippen molar-refractivity contribution in [2.24, 2.45) is 11.8 Å². The molecule has 0 aromatic heterocycles. The van der Waals surface area contributed by atoms with Gasteiger partial charge in [-0.1, -0.05) is 40.0 Å². The van der Waals surface area contributed by atoms with Gasteiger partial charge in [-0.15, -0.1) is 0 Å². The summed E-state index contributed by atoms with van der Waals surface area (Å²) in [6, 6.07) is 1.58. The third-order valence-corrected chi connectivity index (χ3v) is 4.64. The molecule has 0 radical (unpaired) electrons. The summed E-state index contributed by atoms with van der Waals surface area (Å²) in [4.78, 5) is 2.70. The molecule has 1 aliphatic heterocycles. The summed E-state index contributed by atoms with van der Waals surface area (Å²) < 4.78 is 0. The van der Waals surface area contributed by atoms with Crippen molar-refractivity contribution < 1.29 is 0 Å². The van der Waals surface area contributed by atoms with E-state index in [4.69, 9.17) is 0 Å². The van der Waals surface area contributed by atoms with Crippen molar-refractivity contribution in [3.05, 3.63) is 0 Å². The normalized spacial score (nSPS) is 31.3. The molecular formula is C16H32N2. The van der Waals surface area contributed by atoms with Crippen LogP contribution in [0.2, 0.25) is 0 Å². The smallest absolute Gasteiger partial charge is 0.0200 e. The lowest BCUT2D eigenvalue weighted by Crippen LogP contribution is -2.52. The Morgan fingerprint density at radius 3 is 2.44 bits per heavy atom. The van der Waals surface area contributed by atoms with Gasteiger partial charge in [-0.05, 0) is 31.1 Å². The molecule has 2 unspecified atom stereocenters. The Labute approximate surface area is 114 Å². The van der Waals surface area contributed by atoms with E-state index in [1.165, 1.54) is 58.2 Å². The number of nitrogens with one attached hydrogen (secondary N) is 1. The van der Waals surface area contributed by atoms with E-state index in [9.17, 15) is 0 Å². The third kappa shape index (κ3) is 4.24. The van der Waals surface area contributed by atoms with Gasteiger partial charge >= 0.3 is 0 Å². The minimum absolute atomic E-state index is 0.755. The van der Waals surface area contributed by atoms with Crippen LogP contribution in [-0.4, -0.2) is 36.6 Å². The molecule has 1 saturated heterocycles. The van der Waals surface area contributed by atoms with E-state index in [1.807, 2.05) is 0 Å². The highest BCUT2D eigenvalue weighted by molar-refractivity contribution is 4.87. The zero-order valence-corrected chi connectivity index (χ0v) is 12.6. The van der Waals surface area contributed by atoms with Crippen LogP contribution in [0.25, 0.3) is 0 Å². The molecule has 1 saturated carbocycles. The Morgan fingerprint density at radius 2 is 1.83 bits per heavy atom. The predicted molar refractivity (Wildman–Crippen MR) is 78.9 cm³/mol. The molecule has 2 aliphatic rings. The van der Waals surface area contributed by atoms with Crippen LogP contribution in [0.1, 0.15) is 59.3 Å². The number of nitrogens with zero attached hydrogens (tertiary/aromatic N) is 1. The maximum Gasteiger partial charge on any atom is 0.0200 e. The van der Waals surface area contributed by atoms with Gasteiger partial charge in [0.2, 0.25) is 0 Å². The molecule has 0 bridgehead atoms. The third-order valence-electron chi connectivity index (χ3n) is 4.64. The molecule has 2 nitrogen and oxygen atoms in total. The minimum atomic E-state index is 0.755. The second-order valence-corrected chi connectivity index (χ2v) is 6.97. The lowest BCUT2D eigenvalue weighted by molar-refractivity contribution is 0.121. The van der Waals surface area contributed by atoms with Crippen molar-refractivity contribution in [2.75, 3.05) is 19.6 Å². The SMILES string of the molecule is CCC1CC(NC2CCCC2)CN(CC(C)C)C1. The number of piperidine rings is 1. The molecule has 2 heteroatoms. The summed E-state index contributed by atoms with van der Waals surface area (Å²) in [5.74, 6) is 1.71. The standard InChI is InChI=1S/C16H32N2/c1-4-14-9-16(17-15-7-5-6-8-15)12-18(11-14)10-13(2)3/h13-17H,4-12H2,1-3H3. The van der Waals surface area contributed by atoms with Crippen LogP contribution in [0, 0.1) is 11.8 Å². The summed E-state index contributed by atoms with van der Waals surface area (Å²) in [7, 11) is 0.